The van der Waals surface area contributed by atoms with Crippen molar-refractivity contribution >= 4 is 0 Å². The van der Waals surface area contributed by atoms with Gasteiger partial charge in [0.15, 0.2) is 23.0 Å². The zero-order chi connectivity index (χ0) is 18.5. The van der Waals surface area contributed by atoms with Crippen molar-refractivity contribution in [3.63, 3.8) is 0 Å². The monoisotopic (exact) mass is 356 g/mol. The molecule has 2 aromatic rings. The van der Waals surface area contributed by atoms with E-state index in [0.717, 1.165) is 41.9 Å². The summed E-state index contributed by atoms with van der Waals surface area (Å²) in [7, 11) is 7.31. The third-order valence-corrected chi connectivity index (χ3v) is 6.12. The molecule has 2 unspecified atom stereocenters. The van der Waals surface area contributed by atoms with Crippen LogP contribution in [-0.2, 0) is 19.4 Å². The number of hydrogen-bond donors (Lipinski definition) is 1. The lowest BCUT2D eigenvalue weighted by Crippen LogP contribution is -2.53. The van der Waals surface area contributed by atoms with Crippen molar-refractivity contribution < 1.29 is 23.8 Å². The number of hydrogen-bond acceptors (Lipinski definition) is 4. The molecule has 5 heteroatoms. The zero-order valence-corrected chi connectivity index (χ0v) is 15.8. The molecule has 2 aliphatic rings. The van der Waals surface area contributed by atoms with Crippen molar-refractivity contribution in [1.29, 1.82) is 0 Å². The van der Waals surface area contributed by atoms with Crippen LogP contribution in [0.4, 0.5) is 0 Å². The van der Waals surface area contributed by atoms with Gasteiger partial charge in [0.2, 0.25) is 0 Å². The van der Waals surface area contributed by atoms with Crippen molar-refractivity contribution in [1.82, 2.24) is 0 Å². The fourth-order valence-electron chi connectivity index (χ4n) is 4.67. The molecule has 0 saturated carbocycles. The van der Waals surface area contributed by atoms with E-state index in [1.165, 1.54) is 22.3 Å². The van der Waals surface area contributed by atoms with Crippen LogP contribution in [0.5, 0.6) is 23.0 Å². The number of fused-ring (bicyclic) bond motifs is 4. The van der Waals surface area contributed by atoms with E-state index in [0.29, 0.717) is 11.8 Å². The van der Waals surface area contributed by atoms with Crippen LogP contribution in [0.15, 0.2) is 24.3 Å². The molecule has 0 bridgehead atoms. The molecule has 0 aliphatic carbocycles. The standard InChI is InChI=1S/C21H25NO4/c1-22-8-7-14-10-18(23)20(25-3)11-15(14)17(22)9-13-5-6-19(24-2)21(26-4)16(13)12-22/h5-6,10-11,17H,7-9,12H2,1-4H3/p+1. The molecular formula is C21H26NO4+. The Bertz CT molecular complexity index is 864. The summed E-state index contributed by atoms with van der Waals surface area (Å²) < 4.78 is 17.5. The van der Waals surface area contributed by atoms with Crippen LogP contribution in [0.1, 0.15) is 28.3 Å². The Kier molecular flexibility index (Phi) is 3.99. The van der Waals surface area contributed by atoms with E-state index in [1.54, 1.807) is 21.3 Å². The van der Waals surface area contributed by atoms with Crippen LogP contribution in [0.3, 0.4) is 0 Å². The number of rotatable bonds is 3. The maximum Gasteiger partial charge on any atom is 0.169 e. The summed E-state index contributed by atoms with van der Waals surface area (Å²) in [4.78, 5) is 0. The summed E-state index contributed by atoms with van der Waals surface area (Å²) in [6.45, 7) is 1.94. The summed E-state index contributed by atoms with van der Waals surface area (Å²) >= 11 is 0. The van der Waals surface area contributed by atoms with Crippen LogP contribution >= 0.6 is 0 Å². The summed E-state index contributed by atoms with van der Waals surface area (Å²) in [5, 5.41) is 10.1. The first-order valence-corrected chi connectivity index (χ1v) is 8.97. The zero-order valence-electron chi connectivity index (χ0n) is 15.8. The van der Waals surface area contributed by atoms with Gasteiger partial charge in [0.1, 0.15) is 12.6 Å². The van der Waals surface area contributed by atoms with Gasteiger partial charge in [0.25, 0.3) is 0 Å². The SMILES string of the molecule is COc1cc2c(cc1O)CC[N+]1(C)Cc3c(ccc(OC)c3OC)CC21. The normalized spacial score (nSPS) is 23.5. The lowest BCUT2D eigenvalue weighted by molar-refractivity contribution is -0.956. The van der Waals surface area contributed by atoms with Crippen LogP contribution in [0, 0.1) is 0 Å². The Morgan fingerprint density at radius 2 is 1.77 bits per heavy atom. The van der Waals surface area contributed by atoms with E-state index in [4.69, 9.17) is 14.2 Å². The summed E-state index contributed by atoms with van der Waals surface area (Å²) in [6, 6.07) is 8.40. The molecule has 2 aromatic carbocycles. The lowest BCUT2D eigenvalue weighted by atomic mass is 9.81. The van der Waals surface area contributed by atoms with Gasteiger partial charge in [-0.25, -0.2) is 0 Å². The molecule has 2 aliphatic heterocycles. The molecule has 0 spiro atoms. The highest BCUT2D eigenvalue weighted by atomic mass is 16.5. The van der Waals surface area contributed by atoms with E-state index in [9.17, 15) is 5.11 Å². The third kappa shape index (κ3) is 2.42. The fraction of sp³-hybridized carbons (Fsp3) is 0.429. The third-order valence-electron chi connectivity index (χ3n) is 6.12. The molecule has 4 rings (SSSR count). The van der Waals surface area contributed by atoms with E-state index in [-0.39, 0.29) is 5.75 Å². The number of aromatic hydroxyl groups is 1. The highest BCUT2D eigenvalue weighted by Crippen LogP contribution is 2.48. The molecule has 26 heavy (non-hydrogen) atoms. The van der Waals surface area contributed by atoms with Gasteiger partial charge in [-0.15, -0.1) is 0 Å². The number of phenols is 1. The first-order valence-electron chi connectivity index (χ1n) is 8.97. The van der Waals surface area contributed by atoms with Crippen molar-refractivity contribution in [2.24, 2.45) is 0 Å². The summed E-state index contributed by atoms with van der Waals surface area (Å²) in [6.07, 6.45) is 1.88. The molecule has 2 atom stereocenters. The molecule has 0 amide bonds. The first-order chi connectivity index (χ1) is 12.5. The molecule has 2 heterocycles. The predicted octanol–water partition coefficient (Wildman–Crippen LogP) is 3.22. The number of nitrogens with zero attached hydrogens (tertiary/aromatic N) is 1. The second kappa shape index (κ2) is 6.09. The van der Waals surface area contributed by atoms with Crippen LogP contribution in [0.25, 0.3) is 0 Å². The minimum Gasteiger partial charge on any atom is -0.504 e. The van der Waals surface area contributed by atoms with Gasteiger partial charge >= 0.3 is 0 Å². The van der Waals surface area contributed by atoms with Gasteiger partial charge in [-0.2, -0.15) is 0 Å². The number of methoxy groups -OCH3 is 3. The predicted molar refractivity (Wildman–Crippen MR) is 99.1 cm³/mol. The first kappa shape index (κ1) is 17.0. The van der Waals surface area contributed by atoms with Crippen LogP contribution in [-0.4, -0.2) is 44.5 Å². The Balaban J connectivity index is 1.83. The van der Waals surface area contributed by atoms with Gasteiger partial charge in [-0.3, -0.25) is 0 Å². The van der Waals surface area contributed by atoms with E-state index in [2.05, 4.69) is 13.1 Å². The number of quaternary nitrogens is 1. The molecule has 0 radical (unpaired) electrons. The molecular weight excluding hydrogens is 330 g/mol. The van der Waals surface area contributed by atoms with E-state index in [1.807, 2.05) is 18.2 Å². The lowest BCUT2D eigenvalue weighted by Gasteiger charge is -2.49. The number of ether oxygens (including phenoxy) is 3. The average molecular weight is 356 g/mol. The van der Waals surface area contributed by atoms with E-state index < -0.39 is 0 Å². The molecule has 138 valence electrons. The van der Waals surface area contributed by atoms with Crippen LogP contribution in [0.2, 0.25) is 0 Å². The largest absolute Gasteiger partial charge is 0.504 e. The Morgan fingerprint density at radius 3 is 2.46 bits per heavy atom. The van der Waals surface area contributed by atoms with E-state index >= 15 is 0 Å². The topological polar surface area (TPSA) is 47.9 Å². The fourth-order valence-corrected chi connectivity index (χ4v) is 4.67. The molecule has 0 fully saturated rings. The van der Waals surface area contributed by atoms with Crippen molar-refractivity contribution in [3.8, 4) is 23.0 Å². The molecule has 1 N–H and O–H groups in total. The molecule has 0 saturated heterocycles. The average Bonchev–Trinajstić information content (AvgIpc) is 2.64. The second-order valence-electron chi connectivity index (χ2n) is 7.49. The number of benzene rings is 2. The van der Waals surface area contributed by atoms with Crippen molar-refractivity contribution in [2.75, 3.05) is 34.9 Å². The maximum absolute atomic E-state index is 10.1. The second-order valence-corrected chi connectivity index (χ2v) is 7.49. The maximum atomic E-state index is 10.1. The highest BCUT2D eigenvalue weighted by Gasteiger charge is 2.44. The van der Waals surface area contributed by atoms with Gasteiger partial charge in [-0.05, 0) is 29.3 Å². The summed E-state index contributed by atoms with van der Waals surface area (Å²) in [5.74, 6) is 2.43. The van der Waals surface area contributed by atoms with Crippen molar-refractivity contribution in [2.45, 2.75) is 25.4 Å². The Morgan fingerprint density at radius 1 is 1.00 bits per heavy atom. The minimum absolute atomic E-state index is 0.227. The van der Waals surface area contributed by atoms with Crippen molar-refractivity contribution in [3.05, 3.63) is 46.5 Å². The molecule has 0 aromatic heterocycles. The molecule has 5 nitrogen and oxygen atoms in total. The smallest absolute Gasteiger partial charge is 0.169 e. The minimum atomic E-state index is 0.227. The Hall–Kier alpha value is -2.40. The number of phenolic OH excluding ortho intramolecular Hbond substituents is 1. The van der Waals surface area contributed by atoms with Gasteiger partial charge in [0, 0.05) is 18.4 Å². The Labute approximate surface area is 154 Å². The number of likely N-dealkylation sites (N-methyl/N-ethyl adjacent to an activating group) is 1. The van der Waals surface area contributed by atoms with Gasteiger partial charge in [-0.1, -0.05) is 6.07 Å². The highest BCUT2D eigenvalue weighted by molar-refractivity contribution is 5.53. The van der Waals surface area contributed by atoms with Gasteiger partial charge < -0.3 is 23.8 Å². The quantitative estimate of drug-likeness (QED) is 0.858. The summed E-state index contributed by atoms with van der Waals surface area (Å²) in [5.41, 5.74) is 5.07. The van der Waals surface area contributed by atoms with Crippen LogP contribution < -0.4 is 14.2 Å². The van der Waals surface area contributed by atoms with Gasteiger partial charge in [0.05, 0.1) is 40.5 Å².